The minimum Gasteiger partial charge on any atom is -0.394 e. The van der Waals surface area contributed by atoms with Gasteiger partial charge < -0.3 is 10.4 Å². The smallest absolute Gasteiger partial charge is 0.253 e. The molecule has 1 amide bonds. The average Bonchev–Trinajstić information content (AvgIpc) is 2.36. The monoisotopic (exact) mass is 273 g/mol. The molecule has 1 rings (SSSR count). The van der Waals surface area contributed by atoms with E-state index >= 15 is 0 Å². The van der Waals surface area contributed by atoms with Crippen molar-refractivity contribution in [3.63, 3.8) is 0 Å². The van der Waals surface area contributed by atoms with Gasteiger partial charge in [0.25, 0.3) is 5.91 Å². The Morgan fingerprint density at radius 1 is 1.44 bits per heavy atom. The van der Waals surface area contributed by atoms with E-state index in [-0.39, 0.29) is 17.2 Å². The third-order valence-electron chi connectivity index (χ3n) is 3.21. The van der Waals surface area contributed by atoms with E-state index in [1.165, 1.54) is 12.1 Å². The van der Waals surface area contributed by atoms with Crippen LogP contribution in [0.2, 0.25) is 5.02 Å². The van der Waals surface area contributed by atoms with Crippen molar-refractivity contribution in [1.29, 1.82) is 0 Å². The summed E-state index contributed by atoms with van der Waals surface area (Å²) < 4.78 is 12.9. The summed E-state index contributed by atoms with van der Waals surface area (Å²) in [4.78, 5) is 12.0. The molecule has 0 atom stereocenters. The highest BCUT2D eigenvalue weighted by Crippen LogP contribution is 2.20. The molecular weight excluding hydrogens is 257 g/mol. The Morgan fingerprint density at radius 3 is 2.50 bits per heavy atom. The molecule has 5 heteroatoms. The fraction of sp³-hybridized carbons (Fsp3) is 0.462. The van der Waals surface area contributed by atoms with Gasteiger partial charge in [-0.15, -0.1) is 0 Å². The maximum Gasteiger partial charge on any atom is 0.253 e. The number of rotatable bonds is 5. The number of carbonyl (C=O) groups is 1. The normalized spacial score (nSPS) is 11.4. The van der Waals surface area contributed by atoms with Gasteiger partial charge in [0.05, 0.1) is 22.7 Å². The molecule has 1 aromatic rings. The number of halogens is 2. The maximum absolute atomic E-state index is 12.9. The first kappa shape index (κ1) is 14.9. The first-order chi connectivity index (χ1) is 8.48. The standard InChI is InChI=1S/C13H17ClFNO2/c1-3-13(4-2,8-17)16-12(18)10-6-5-9(15)7-11(10)14/h5-7,17H,3-4,8H2,1-2H3,(H,16,18). The van der Waals surface area contributed by atoms with E-state index in [1.54, 1.807) is 0 Å². The number of amides is 1. The topological polar surface area (TPSA) is 49.3 Å². The molecule has 0 bridgehead atoms. The Kier molecular flexibility index (Phi) is 5.11. The van der Waals surface area contributed by atoms with Gasteiger partial charge in [0.15, 0.2) is 0 Å². The third kappa shape index (κ3) is 3.21. The molecule has 0 saturated carbocycles. The summed E-state index contributed by atoms with van der Waals surface area (Å²) in [5, 5.41) is 12.2. The number of aliphatic hydroxyl groups excluding tert-OH is 1. The Hall–Kier alpha value is -1.13. The van der Waals surface area contributed by atoms with Gasteiger partial charge in [0, 0.05) is 0 Å². The zero-order valence-corrected chi connectivity index (χ0v) is 11.2. The van der Waals surface area contributed by atoms with Crippen molar-refractivity contribution < 1.29 is 14.3 Å². The fourth-order valence-electron chi connectivity index (χ4n) is 1.67. The molecule has 3 nitrogen and oxygen atoms in total. The van der Waals surface area contributed by atoms with E-state index in [9.17, 15) is 14.3 Å². The summed E-state index contributed by atoms with van der Waals surface area (Å²) in [6, 6.07) is 3.61. The Bertz CT molecular complexity index is 425. The second-order valence-electron chi connectivity index (χ2n) is 4.22. The average molecular weight is 274 g/mol. The molecule has 0 heterocycles. The van der Waals surface area contributed by atoms with E-state index in [0.29, 0.717) is 12.8 Å². The molecule has 0 aliphatic heterocycles. The van der Waals surface area contributed by atoms with Crippen LogP contribution in [-0.4, -0.2) is 23.2 Å². The van der Waals surface area contributed by atoms with E-state index in [0.717, 1.165) is 6.07 Å². The van der Waals surface area contributed by atoms with Crippen molar-refractivity contribution in [3.05, 3.63) is 34.6 Å². The van der Waals surface area contributed by atoms with Crippen LogP contribution in [0.25, 0.3) is 0 Å². The fourth-order valence-corrected chi connectivity index (χ4v) is 1.92. The molecule has 0 spiro atoms. The van der Waals surface area contributed by atoms with Crippen LogP contribution in [0.15, 0.2) is 18.2 Å². The van der Waals surface area contributed by atoms with Crippen LogP contribution in [0.4, 0.5) is 4.39 Å². The minimum absolute atomic E-state index is 0.0616. The van der Waals surface area contributed by atoms with Crippen molar-refractivity contribution in [2.45, 2.75) is 32.2 Å². The number of aliphatic hydroxyl groups is 1. The summed E-state index contributed by atoms with van der Waals surface area (Å²) in [7, 11) is 0. The Morgan fingerprint density at radius 2 is 2.06 bits per heavy atom. The molecule has 0 aromatic heterocycles. The minimum atomic E-state index is -0.658. The lowest BCUT2D eigenvalue weighted by atomic mass is 9.93. The van der Waals surface area contributed by atoms with E-state index < -0.39 is 17.3 Å². The summed E-state index contributed by atoms with van der Waals surface area (Å²) in [6.45, 7) is 3.61. The van der Waals surface area contributed by atoms with Crippen molar-refractivity contribution in [1.82, 2.24) is 5.32 Å². The lowest BCUT2D eigenvalue weighted by Gasteiger charge is -2.30. The SMILES string of the molecule is CCC(CC)(CO)NC(=O)c1ccc(F)cc1Cl. The van der Waals surface area contributed by atoms with Gasteiger partial charge in [-0.05, 0) is 31.0 Å². The van der Waals surface area contributed by atoms with Gasteiger partial charge in [0.1, 0.15) is 5.82 Å². The zero-order valence-electron chi connectivity index (χ0n) is 10.5. The van der Waals surface area contributed by atoms with Gasteiger partial charge in [-0.1, -0.05) is 25.4 Å². The quantitative estimate of drug-likeness (QED) is 0.867. The summed E-state index contributed by atoms with van der Waals surface area (Å²) in [5.74, 6) is -0.895. The predicted molar refractivity (Wildman–Crippen MR) is 69.3 cm³/mol. The van der Waals surface area contributed by atoms with Gasteiger partial charge in [-0.2, -0.15) is 0 Å². The molecule has 1 aromatic carbocycles. The molecule has 100 valence electrons. The molecule has 18 heavy (non-hydrogen) atoms. The van der Waals surface area contributed by atoms with Crippen molar-refractivity contribution in [2.24, 2.45) is 0 Å². The van der Waals surface area contributed by atoms with Gasteiger partial charge in [-0.25, -0.2) is 4.39 Å². The summed E-state index contributed by atoms with van der Waals surface area (Å²) in [5.41, 5.74) is -0.452. The van der Waals surface area contributed by atoms with Gasteiger partial charge >= 0.3 is 0 Å². The highest BCUT2D eigenvalue weighted by molar-refractivity contribution is 6.33. The van der Waals surface area contributed by atoms with Crippen LogP contribution >= 0.6 is 11.6 Å². The van der Waals surface area contributed by atoms with Crippen LogP contribution in [0.5, 0.6) is 0 Å². The molecule has 2 N–H and O–H groups in total. The Labute approximate surface area is 111 Å². The van der Waals surface area contributed by atoms with Crippen LogP contribution in [0.3, 0.4) is 0 Å². The lowest BCUT2D eigenvalue weighted by Crippen LogP contribution is -2.50. The summed E-state index contributed by atoms with van der Waals surface area (Å²) >= 11 is 5.82. The van der Waals surface area contributed by atoms with Gasteiger partial charge in [0.2, 0.25) is 0 Å². The van der Waals surface area contributed by atoms with Crippen LogP contribution in [-0.2, 0) is 0 Å². The number of nitrogens with one attached hydrogen (secondary N) is 1. The number of hydrogen-bond acceptors (Lipinski definition) is 2. The van der Waals surface area contributed by atoms with Crippen LogP contribution < -0.4 is 5.32 Å². The molecular formula is C13H17ClFNO2. The zero-order chi connectivity index (χ0) is 13.8. The summed E-state index contributed by atoms with van der Waals surface area (Å²) in [6.07, 6.45) is 1.20. The molecule has 0 unspecified atom stereocenters. The predicted octanol–water partition coefficient (Wildman–Crippen LogP) is 2.76. The van der Waals surface area contributed by atoms with Crippen molar-refractivity contribution in [2.75, 3.05) is 6.61 Å². The number of carbonyl (C=O) groups excluding carboxylic acids is 1. The van der Waals surface area contributed by atoms with Crippen LogP contribution in [0.1, 0.15) is 37.0 Å². The lowest BCUT2D eigenvalue weighted by molar-refractivity contribution is 0.0818. The molecule has 0 saturated heterocycles. The molecule has 0 aliphatic carbocycles. The largest absolute Gasteiger partial charge is 0.394 e. The second-order valence-corrected chi connectivity index (χ2v) is 4.63. The first-order valence-corrected chi connectivity index (χ1v) is 6.24. The number of hydrogen-bond donors (Lipinski definition) is 2. The maximum atomic E-state index is 12.9. The van der Waals surface area contributed by atoms with E-state index in [1.807, 2.05) is 13.8 Å². The molecule has 0 aliphatic rings. The van der Waals surface area contributed by atoms with E-state index in [4.69, 9.17) is 11.6 Å². The van der Waals surface area contributed by atoms with Crippen molar-refractivity contribution >= 4 is 17.5 Å². The highest BCUT2D eigenvalue weighted by atomic mass is 35.5. The Balaban J connectivity index is 2.94. The van der Waals surface area contributed by atoms with Crippen molar-refractivity contribution in [3.8, 4) is 0 Å². The van der Waals surface area contributed by atoms with Gasteiger partial charge in [-0.3, -0.25) is 4.79 Å². The third-order valence-corrected chi connectivity index (χ3v) is 3.52. The number of benzene rings is 1. The van der Waals surface area contributed by atoms with E-state index in [2.05, 4.69) is 5.32 Å². The molecule has 0 fully saturated rings. The highest BCUT2D eigenvalue weighted by Gasteiger charge is 2.28. The second kappa shape index (κ2) is 6.16. The van der Waals surface area contributed by atoms with Crippen LogP contribution in [0, 0.1) is 5.82 Å². The molecule has 0 radical (unpaired) electrons. The first-order valence-electron chi connectivity index (χ1n) is 5.86.